The molecule has 4 aromatic rings. The number of aromatic nitrogens is 2. The van der Waals surface area contributed by atoms with Crippen molar-refractivity contribution >= 4 is 22.5 Å². The van der Waals surface area contributed by atoms with Gasteiger partial charge in [-0.15, -0.1) is 0 Å². The molecule has 0 aliphatic heterocycles. The molecule has 28 heavy (non-hydrogen) atoms. The van der Waals surface area contributed by atoms with Crippen molar-refractivity contribution in [1.29, 1.82) is 0 Å². The second-order valence-electron chi connectivity index (χ2n) is 6.67. The Hall–Kier alpha value is -3.73. The maximum Gasteiger partial charge on any atom is 0.288 e. The summed E-state index contributed by atoms with van der Waals surface area (Å²) in [7, 11) is 0. The highest BCUT2D eigenvalue weighted by Crippen LogP contribution is 2.33. The lowest BCUT2D eigenvalue weighted by atomic mass is 10.0. The molecule has 0 saturated heterocycles. The van der Waals surface area contributed by atoms with Gasteiger partial charge in [0.15, 0.2) is 0 Å². The quantitative estimate of drug-likeness (QED) is 0.405. The molecule has 2 heterocycles. The van der Waals surface area contributed by atoms with Gasteiger partial charge in [-0.1, -0.05) is 48.0 Å². The van der Waals surface area contributed by atoms with Crippen LogP contribution in [0.3, 0.4) is 0 Å². The molecular weight excluding hydrogens is 348 g/mol. The highest BCUT2D eigenvalue weighted by atomic mass is 16.2. The van der Waals surface area contributed by atoms with Crippen LogP contribution in [0.4, 0.5) is 0 Å². The first-order valence-corrected chi connectivity index (χ1v) is 9.06. The number of amides is 1. The van der Waals surface area contributed by atoms with Gasteiger partial charge in [-0.3, -0.25) is 9.78 Å². The number of nitrogens with zero attached hydrogens (tertiary/aromatic N) is 2. The van der Waals surface area contributed by atoms with Gasteiger partial charge in [-0.05, 0) is 37.6 Å². The summed E-state index contributed by atoms with van der Waals surface area (Å²) >= 11 is 0. The summed E-state index contributed by atoms with van der Waals surface area (Å²) < 4.78 is 0. The average molecular weight is 368 g/mol. The van der Waals surface area contributed by atoms with Crippen molar-refractivity contribution in [3.05, 3.63) is 89.9 Å². The van der Waals surface area contributed by atoms with Gasteiger partial charge in [-0.2, -0.15) is 5.10 Å². The van der Waals surface area contributed by atoms with Crippen LogP contribution >= 0.6 is 0 Å². The number of carbonyl (C=O) groups excluding carboxylic acids is 1. The van der Waals surface area contributed by atoms with Crippen molar-refractivity contribution in [1.82, 2.24) is 15.4 Å². The number of hydrazone groups is 1. The largest absolute Gasteiger partial charge is 0.350 e. The van der Waals surface area contributed by atoms with Gasteiger partial charge in [0.05, 0.1) is 5.71 Å². The molecule has 0 radical (unpaired) electrons. The third-order valence-electron chi connectivity index (χ3n) is 4.65. The van der Waals surface area contributed by atoms with Crippen LogP contribution in [0.2, 0.25) is 0 Å². The molecule has 1 amide bonds. The zero-order chi connectivity index (χ0) is 19.5. The lowest BCUT2D eigenvalue weighted by Crippen LogP contribution is -2.20. The number of hydrogen-bond donors (Lipinski definition) is 2. The minimum absolute atomic E-state index is 0.282. The monoisotopic (exact) mass is 368 g/mol. The molecule has 5 heteroatoms. The number of hydrogen-bond acceptors (Lipinski definition) is 3. The number of nitrogens with one attached hydrogen (secondary N) is 2. The normalized spacial score (nSPS) is 11.6. The standard InChI is InChI=1S/C23H20N4O/c1-15-10-11-20-19(13-15)21(17-7-4-3-5-8-17)22(25-20)23(28)27-26-16(2)18-9-6-12-24-14-18/h3-14,25H,1-2H3,(H,27,28). The second-order valence-corrected chi connectivity index (χ2v) is 6.67. The Labute approximate surface area is 163 Å². The number of aryl methyl sites for hydroxylation is 1. The SMILES string of the molecule is CC(=NNC(=O)c1[nH]c2ccc(C)cc2c1-c1ccccc1)c1cccnc1. The molecule has 138 valence electrons. The molecule has 2 aromatic heterocycles. The van der Waals surface area contributed by atoms with Crippen molar-refractivity contribution in [2.24, 2.45) is 5.10 Å². The van der Waals surface area contributed by atoms with Gasteiger partial charge < -0.3 is 4.98 Å². The number of benzene rings is 2. The minimum atomic E-state index is -0.282. The molecule has 0 fully saturated rings. The van der Waals surface area contributed by atoms with E-state index in [9.17, 15) is 4.79 Å². The smallest absolute Gasteiger partial charge is 0.288 e. The van der Waals surface area contributed by atoms with Crippen LogP contribution < -0.4 is 5.43 Å². The van der Waals surface area contributed by atoms with Gasteiger partial charge in [-0.25, -0.2) is 5.43 Å². The molecule has 0 unspecified atom stereocenters. The summed E-state index contributed by atoms with van der Waals surface area (Å²) in [4.78, 5) is 20.3. The Bertz CT molecular complexity index is 1160. The molecule has 4 rings (SSSR count). The predicted molar refractivity (Wildman–Crippen MR) is 112 cm³/mol. The topological polar surface area (TPSA) is 70.1 Å². The molecule has 2 aromatic carbocycles. The third kappa shape index (κ3) is 3.42. The van der Waals surface area contributed by atoms with Crippen molar-refractivity contribution in [3.8, 4) is 11.1 Å². The molecule has 0 aliphatic carbocycles. The van der Waals surface area contributed by atoms with E-state index in [4.69, 9.17) is 0 Å². The van der Waals surface area contributed by atoms with E-state index in [0.29, 0.717) is 11.4 Å². The fraction of sp³-hybridized carbons (Fsp3) is 0.0870. The van der Waals surface area contributed by atoms with Gasteiger partial charge in [0.1, 0.15) is 5.69 Å². The Morgan fingerprint density at radius 2 is 1.89 bits per heavy atom. The van der Waals surface area contributed by atoms with E-state index < -0.39 is 0 Å². The van der Waals surface area contributed by atoms with E-state index in [-0.39, 0.29) is 5.91 Å². The van der Waals surface area contributed by atoms with E-state index in [2.05, 4.69) is 26.6 Å². The summed E-state index contributed by atoms with van der Waals surface area (Å²) in [6.07, 6.45) is 3.42. The summed E-state index contributed by atoms with van der Waals surface area (Å²) in [5.74, 6) is -0.282. The fourth-order valence-electron chi connectivity index (χ4n) is 3.21. The van der Waals surface area contributed by atoms with E-state index in [1.807, 2.05) is 68.4 Å². The van der Waals surface area contributed by atoms with Gasteiger partial charge in [0.25, 0.3) is 5.91 Å². The molecule has 0 atom stereocenters. The van der Waals surface area contributed by atoms with Crippen molar-refractivity contribution in [3.63, 3.8) is 0 Å². The molecule has 0 saturated carbocycles. The maximum absolute atomic E-state index is 13.0. The van der Waals surface area contributed by atoms with E-state index in [0.717, 1.165) is 33.2 Å². The zero-order valence-corrected chi connectivity index (χ0v) is 15.7. The Balaban J connectivity index is 1.75. The minimum Gasteiger partial charge on any atom is -0.350 e. The summed E-state index contributed by atoms with van der Waals surface area (Å²) in [5, 5.41) is 5.27. The number of fused-ring (bicyclic) bond motifs is 1. The summed E-state index contributed by atoms with van der Waals surface area (Å²) in [5.41, 5.74) is 8.64. The van der Waals surface area contributed by atoms with Crippen LogP contribution in [0.25, 0.3) is 22.0 Å². The summed E-state index contributed by atoms with van der Waals surface area (Å²) in [6, 6.07) is 19.8. The lowest BCUT2D eigenvalue weighted by Gasteiger charge is -2.06. The fourth-order valence-corrected chi connectivity index (χ4v) is 3.21. The molecule has 0 spiro atoms. The van der Waals surface area contributed by atoms with Crippen molar-refractivity contribution in [2.45, 2.75) is 13.8 Å². The molecular formula is C23H20N4O. The zero-order valence-electron chi connectivity index (χ0n) is 15.7. The van der Waals surface area contributed by atoms with E-state index in [1.54, 1.807) is 12.4 Å². The van der Waals surface area contributed by atoms with E-state index >= 15 is 0 Å². The number of H-pyrrole nitrogens is 1. The third-order valence-corrected chi connectivity index (χ3v) is 4.65. The Morgan fingerprint density at radius 1 is 1.07 bits per heavy atom. The van der Waals surface area contributed by atoms with Crippen LogP contribution in [0, 0.1) is 6.92 Å². The predicted octanol–water partition coefficient (Wildman–Crippen LogP) is 4.69. The highest BCUT2D eigenvalue weighted by molar-refractivity contribution is 6.10. The molecule has 0 aliphatic rings. The number of carbonyl (C=O) groups is 1. The number of aromatic amines is 1. The first-order valence-electron chi connectivity index (χ1n) is 9.06. The Morgan fingerprint density at radius 3 is 2.64 bits per heavy atom. The highest BCUT2D eigenvalue weighted by Gasteiger charge is 2.19. The van der Waals surface area contributed by atoms with Crippen molar-refractivity contribution in [2.75, 3.05) is 0 Å². The first-order chi connectivity index (χ1) is 13.6. The molecule has 2 N–H and O–H groups in total. The van der Waals surface area contributed by atoms with Crippen LogP contribution in [0.5, 0.6) is 0 Å². The number of rotatable bonds is 4. The first kappa shape index (κ1) is 17.7. The van der Waals surface area contributed by atoms with Crippen LogP contribution in [0.15, 0.2) is 78.2 Å². The number of pyridine rings is 1. The molecule has 0 bridgehead atoms. The Kier molecular flexibility index (Phi) is 4.72. The lowest BCUT2D eigenvalue weighted by molar-refractivity contribution is 0.0951. The maximum atomic E-state index is 13.0. The van der Waals surface area contributed by atoms with Crippen LogP contribution in [-0.2, 0) is 0 Å². The van der Waals surface area contributed by atoms with Crippen LogP contribution in [0.1, 0.15) is 28.5 Å². The average Bonchev–Trinajstić information content (AvgIpc) is 3.11. The van der Waals surface area contributed by atoms with Gasteiger partial charge >= 0.3 is 0 Å². The van der Waals surface area contributed by atoms with Gasteiger partial charge in [0, 0.05) is 34.4 Å². The van der Waals surface area contributed by atoms with Crippen molar-refractivity contribution < 1.29 is 4.79 Å². The second kappa shape index (κ2) is 7.48. The van der Waals surface area contributed by atoms with E-state index in [1.165, 1.54) is 0 Å². The summed E-state index contributed by atoms with van der Waals surface area (Å²) in [6.45, 7) is 3.88. The van der Waals surface area contributed by atoms with Crippen LogP contribution in [-0.4, -0.2) is 21.6 Å². The molecule has 5 nitrogen and oxygen atoms in total. The van der Waals surface area contributed by atoms with Gasteiger partial charge in [0.2, 0.25) is 0 Å².